The molecule has 6 heteroatoms. The number of carbonyl (C=O) groups excluding carboxylic acids is 1. The second-order valence-electron chi connectivity index (χ2n) is 10.7. The van der Waals surface area contributed by atoms with Gasteiger partial charge >= 0.3 is 0 Å². The molecule has 2 fully saturated rings. The van der Waals surface area contributed by atoms with Crippen LogP contribution < -0.4 is 0 Å². The highest BCUT2D eigenvalue weighted by Gasteiger charge is 2.32. The number of amides is 1. The smallest absolute Gasteiger partial charge is 0.272 e. The average Bonchev–Trinajstić information content (AvgIpc) is 3.60. The fourth-order valence-corrected chi connectivity index (χ4v) is 6.00. The van der Waals surface area contributed by atoms with Gasteiger partial charge in [-0.1, -0.05) is 50.5 Å². The number of benzene rings is 1. The van der Waals surface area contributed by atoms with Crippen molar-refractivity contribution in [2.75, 3.05) is 26.2 Å². The third-order valence-electron chi connectivity index (χ3n) is 8.12. The van der Waals surface area contributed by atoms with Gasteiger partial charge in [0.05, 0.1) is 5.69 Å². The lowest BCUT2D eigenvalue weighted by Gasteiger charge is -2.36. The van der Waals surface area contributed by atoms with Crippen LogP contribution in [0.1, 0.15) is 74.3 Å². The molecular weight excluding hydrogens is 458 g/mol. The maximum absolute atomic E-state index is 14.0. The first-order valence-electron chi connectivity index (χ1n) is 14.3. The Morgan fingerprint density at radius 2 is 1.78 bits per heavy atom. The Morgan fingerprint density at radius 3 is 2.51 bits per heavy atom. The van der Waals surface area contributed by atoms with Gasteiger partial charge in [0.25, 0.3) is 5.91 Å². The molecule has 6 nitrogen and oxygen atoms in total. The van der Waals surface area contributed by atoms with Crippen LogP contribution in [-0.2, 0) is 13.5 Å². The van der Waals surface area contributed by atoms with Crippen LogP contribution in [0.25, 0.3) is 22.8 Å². The summed E-state index contributed by atoms with van der Waals surface area (Å²) in [4.78, 5) is 28.2. The molecule has 5 rings (SSSR count). The van der Waals surface area contributed by atoms with E-state index in [9.17, 15) is 4.79 Å². The molecule has 0 unspecified atom stereocenters. The van der Waals surface area contributed by atoms with E-state index in [1.54, 1.807) is 6.20 Å². The summed E-state index contributed by atoms with van der Waals surface area (Å²) in [6, 6.07) is 15.1. The van der Waals surface area contributed by atoms with Gasteiger partial charge in [-0.3, -0.25) is 9.78 Å². The molecule has 2 saturated heterocycles. The monoisotopic (exact) mass is 499 g/mol. The van der Waals surface area contributed by atoms with Crippen molar-refractivity contribution in [3.63, 3.8) is 0 Å². The summed E-state index contributed by atoms with van der Waals surface area (Å²) < 4.78 is 2.00. The van der Waals surface area contributed by atoms with Crippen molar-refractivity contribution in [2.45, 2.75) is 70.8 Å². The topological polar surface area (TPSA) is 54.3 Å². The molecule has 2 aliphatic rings. The number of piperidine rings is 1. The molecule has 196 valence electrons. The summed E-state index contributed by atoms with van der Waals surface area (Å²) in [5.74, 6) is 0.892. The van der Waals surface area contributed by atoms with Crippen molar-refractivity contribution in [3.8, 4) is 22.8 Å². The molecular formula is C31H41N5O. The number of rotatable bonds is 9. The first-order chi connectivity index (χ1) is 18.2. The van der Waals surface area contributed by atoms with Gasteiger partial charge in [0.15, 0.2) is 0 Å². The van der Waals surface area contributed by atoms with Crippen LogP contribution in [-0.4, -0.2) is 62.5 Å². The van der Waals surface area contributed by atoms with Crippen molar-refractivity contribution in [1.29, 1.82) is 0 Å². The lowest BCUT2D eigenvalue weighted by molar-refractivity contribution is 0.0636. The molecule has 1 aromatic carbocycles. The zero-order valence-corrected chi connectivity index (χ0v) is 22.5. The molecule has 1 amide bonds. The molecule has 0 radical (unpaired) electrons. The lowest BCUT2D eigenvalue weighted by atomic mass is 10.0. The Bertz CT molecular complexity index is 1170. The number of unbranched alkanes of at least 4 members (excludes halogenated alkanes) is 3. The van der Waals surface area contributed by atoms with Gasteiger partial charge in [-0.25, -0.2) is 4.98 Å². The molecule has 0 bridgehead atoms. The second kappa shape index (κ2) is 12.0. The molecule has 2 aromatic heterocycles. The highest BCUT2D eigenvalue weighted by molar-refractivity contribution is 5.99. The fourth-order valence-electron chi connectivity index (χ4n) is 6.00. The number of carbonyl (C=O) groups is 1. The average molecular weight is 500 g/mol. The van der Waals surface area contributed by atoms with E-state index in [0.717, 1.165) is 49.4 Å². The van der Waals surface area contributed by atoms with Crippen LogP contribution in [0.3, 0.4) is 0 Å². The van der Waals surface area contributed by atoms with E-state index in [0.29, 0.717) is 17.4 Å². The van der Waals surface area contributed by atoms with Crippen molar-refractivity contribution < 1.29 is 4.79 Å². The molecule has 0 spiro atoms. The number of hydrogen-bond acceptors (Lipinski definition) is 4. The van der Waals surface area contributed by atoms with E-state index in [2.05, 4.69) is 41.1 Å². The zero-order chi connectivity index (χ0) is 25.6. The molecule has 0 aliphatic carbocycles. The highest BCUT2D eigenvalue weighted by atomic mass is 16.2. The highest BCUT2D eigenvalue weighted by Crippen LogP contribution is 2.30. The summed E-state index contributed by atoms with van der Waals surface area (Å²) in [7, 11) is 1.98. The van der Waals surface area contributed by atoms with E-state index < -0.39 is 0 Å². The van der Waals surface area contributed by atoms with Crippen molar-refractivity contribution in [2.24, 2.45) is 7.05 Å². The molecule has 2 aliphatic heterocycles. The van der Waals surface area contributed by atoms with Gasteiger partial charge in [-0.2, -0.15) is 0 Å². The summed E-state index contributed by atoms with van der Waals surface area (Å²) >= 11 is 0. The number of aromatic nitrogens is 3. The lowest BCUT2D eigenvalue weighted by Crippen LogP contribution is -2.46. The van der Waals surface area contributed by atoms with E-state index in [1.165, 1.54) is 57.2 Å². The van der Waals surface area contributed by atoms with Gasteiger partial charge in [-0.05, 0) is 75.4 Å². The van der Waals surface area contributed by atoms with Crippen LogP contribution >= 0.6 is 0 Å². The summed E-state index contributed by atoms with van der Waals surface area (Å²) in [6.45, 7) is 6.27. The maximum atomic E-state index is 14.0. The number of pyridine rings is 1. The first kappa shape index (κ1) is 25.7. The predicted octanol–water partition coefficient (Wildman–Crippen LogP) is 5.97. The van der Waals surface area contributed by atoms with Crippen LogP contribution in [0.5, 0.6) is 0 Å². The third-order valence-corrected chi connectivity index (χ3v) is 8.12. The summed E-state index contributed by atoms with van der Waals surface area (Å²) in [5, 5.41) is 0. The Hall–Kier alpha value is -2.99. The van der Waals surface area contributed by atoms with Crippen molar-refractivity contribution in [3.05, 3.63) is 59.9 Å². The minimum absolute atomic E-state index is 0.0671. The van der Waals surface area contributed by atoms with Gasteiger partial charge in [0.2, 0.25) is 0 Å². The Balaban J connectivity index is 1.41. The fraction of sp³-hybridized carbons (Fsp3) is 0.516. The number of aryl methyl sites for hydroxylation is 1. The SMILES string of the molecule is CCCCCCc1cccc(-c2nc(-c3ccccn3)c(C(=O)N3CCC(N4CCCC4)CC3)n2C)c1. The zero-order valence-electron chi connectivity index (χ0n) is 22.5. The van der Waals surface area contributed by atoms with Gasteiger partial charge < -0.3 is 14.4 Å². The van der Waals surface area contributed by atoms with Gasteiger partial charge in [0.1, 0.15) is 17.2 Å². The number of imidazole rings is 1. The normalized spacial score (nSPS) is 17.0. The van der Waals surface area contributed by atoms with E-state index in [1.807, 2.05) is 34.7 Å². The number of likely N-dealkylation sites (tertiary alicyclic amines) is 2. The molecule has 3 aromatic rings. The van der Waals surface area contributed by atoms with E-state index in [4.69, 9.17) is 4.98 Å². The Labute approximate surface area is 221 Å². The Kier molecular flexibility index (Phi) is 8.34. The van der Waals surface area contributed by atoms with Crippen LogP contribution in [0.4, 0.5) is 0 Å². The number of nitrogens with zero attached hydrogens (tertiary/aromatic N) is 5. The third kappa shape index (κ3) is 5.80. The van der Waals surface area contributed by atoms with Gasteiger partial charge in [0, 0.05) is 37.9 Å². The van der Waals surface area contributed by atoms with Crippen LogP contribution in [0.15, 0.2) is 48.7 Å². The molecule has 4 heterocycles. The van der Waals surface area contributed by atoms with E-state index in [-0.39, 0.29) is 5.91 Å². The van der Waals surface area contributed by atoms with E-state index >= 15 is 0 Å². The Morgan fingerprint density at radius 1 is 0.973 bits per heavy atom. The minimum Gasteiger partial charge on any atom is -0.337 e. The predicted molar refractivity (Wildman–Crippen MR) is 149 cm³/mol. The molecule has 0 atom stereocenters. The van der Waals surface area contributed by atoms with Crippen LogP contribution in [0.2, 0.25) is 0 Å². The first-order valence-corrected chi connectivity index (χ1v) is 14.3. The van der Waals surface area contributed by atoms with Crippen molar-refractivity contribution >= 4 is 5.91 Å². The largest absolute Gasteiger partial charge is 0.337 e. The van der Waals surface area contributed by atoms with Crippen molar-refractivity contribution in [1.82, 2.24) is 24.3 Å². The molecule has 37 heavy (non-hydrogen) atoms. The quantitative estimate of drug-likeness (QED) is 0.340. The molecule has 0 N–H and O–H groups in total. The minimum atomic E-state index is 0.0671. The second-order valence-corrected chi connectivity index (χ2v) is 10.7. The standard InChI is InChI=1S/C31H41N5O/c1-3-4-5-6-12-24-13-11-14-25(23-24)30-33-28(27-15-7-8-18-32-27)29(34(30)2)31(37)36-21-16-26(17-22-36)35-19-9-10-20-35/h7-8,11,13-15,18,23,26H,3-6,9-10,12,16-17,19-22H2,1-2H3. The van der Waals surface area contributed by atoms with Crippen LogP contribution in [0, 0.1) is 0 Å². The molecule has 0 saturated carbocycles. The maximum Gasteiger partial charge on any atom is 0.272 e. The number of hydrogen-bond donors (Lipinski definition) is 0. The summed E-state index contributed by atoms with van der Waals surface area (Å²) in [5.41, 5.74) is 4.45. The van der Waals surface area contributed by atoms with Gasteiger partial charge in [-0.15, -0.1) is 0 Å². The summed E-state index contributed by atoms with van der Waals surface area (Å²) in [6.07, 6.45) is 12.6.